The van der Waals surface area contributed by atoms with E-state index >= 15 is 0 Å². The highest BCUT2D eigenvalue weighted by Gasteiger charge is 2.27. The van der Waals surface area contributed by atoms with E-state index in [0.717, 1.165) is 17.7 Å². The molecule has 0 bridgehead atoms. The van der Waals surface area contributed by atoms with Crippen molar-refractivity contribution < 1.29 is 14.3 Å². The van der Waals surface area contributed by atoms with E-state index in [1.165, 1.54) is 5.56 Å². The number of benzene rings is 2. The zero-order chi connectivity index (χ0) is 17.5. The third-order valence-electron chi connectivity index (χ3n) is 4.15. The molecule has 2 amide bonds. The van der Waals surface area contributed by atoms with Crippen molar-refractivity contribution in [3.63, 3.8) is 0 Å². The fraction of sp³-hybridized carbons (Fsp3) is 0.300. The molecule has 1 aliphatic rings. The predicted molar refractivity (Wildman–Crippen MR) is 96.0 cm³/mol. The number of carbonyl (C=O) groups excluding carboxylic acids is 2. The van der Waals surface area contributed by atoms with Crippen LogP contribution in [0.4, 0.5) is 5.69 Å². The first-order chi connectivity index (χ1) is 12.2. The highest BCUT2D eigenvalue weighted by atomic mass is 16.5. The third kappa shape index (κ3) is 5.16. The first-order valence-corrected chi connectivity index (χ1v) is 8.51. The lowest BCUT2D eigenvalue weighted by atomic mass is 10.1. The minimum Gasteiger partial charge on any atom is -0.376 e. The summed E-state index contributed by atoms with van der Waals surface area (Å²) in [5.74, 6) is -0.242. The molecule has 0 spiro atoms. The Bertz CT molecular complexity index is 731. The van der Waals surface area contributed by atoms with Crippen LogP contribution in [-0.4, -0.2) is 24.5 Å². The van der Waals surface area contributed by atoms with Crippen LogP contribution >= 0.6 is 0 Å². The number of rotatable bonds is 7. The van der Waals surface area contributed by atoms with Crippen LogP contribution < -0.4 is 10.6 Å². The maximum absolute atomic E-state index is 12.1. The number of hydrogen-bond donors (Lipinski definition) is 2. The van der Waals surface area contributed by atoms with E-state index in [0.29, 0.717) is 26.1 Å². The van der Waals surface area contributed by atoms with Gasteiger partial charge in [0.25, 0.3) is 0 Å². The molecular weight excluding hydrogens is 316 g/mol. The van der Waals surface area contributed by atoms with Crippen molar-refractivity contribution in [3.8, 4) is 0 Å². The van der Waals surface area contributed by atoms with E-state index in [1.807, 2.05) is 42.5 Å². The van der Waals surface area contributed by atoms with Gasteiger partial charge in [-0.3, -0.25) is 9.59 Å². The van der Waals surface area contributed by atoms with Gasteiger partial charge in [-0.05, 0) is 36.1 Å². The highest BCUT2D eigenvalue weighted by molar-refractivity contribution is 5.98. The van der Waals surface area contributed by atoms with Crippen molar-refractivity contribution in [2.75, 3.05) is 11.9 Å². The molecule has 0 saturated carbocycles. The van der Waals surface area contributed by atoms with Crippen LogP contribution in [0.15, 0.2) is 54.6 Å². The van der Waals surface area contributed by atoms with Gasteiger partial charge in [0, 0.05) is 12.1 Å². The van der Waals surface area contributed by atoms with Crippen molar-refractivity contribution in [3.05, 3.63) is 65.7 Å². The summed E-state index contributed by atoms with van der Waals surface area (Å²) in [4.78, 5) is 23.3. The Kier molecular flexibility index (Phi) is 5.80. The van der Waals surface area contributed by atoms with E-state index in [9.17, 15) is 9.59 Å². The molecule has 1 saturated heterocycles. The van der Waals surface area contributed by atoms with Gasteiger partial charge in [0.05, 0.1) is 13.2 Å². The topological polar surface area (TPSA) is 67.4 Å². The number of hydrogen-bond acceptors (Lipinski definition) is 3. The maximum Gasteiger partial charge on any atom is 0.246 e. The number of amides is 2. The van der Waals surface area contributed by atoms with Crippen LogP contribution in [0.5, 0.6) is 0 Å². The largest absolute Gasteiger partial charge is 0.376 e. The number of anilines is 1. The molecule has 3 rings (SSSR count). The Morgan fingerprint density at radius 2 is 1.92 bits per heavy atom. The lowest BCUT2D eigenvalue weighted by Crippen LogP contribution is -2.37. The Balaban J connectivity index is 1.46. The third-order valence-corrected chi connectivity index (χ3v) is 4.15. The Morgan fingerprint density at radius 1 is 1.12 bits per heavy atom. The molecular formula is C20H22N2O3. The number of nitrogens with one attached hydrogen (secondary N) is 2. The molecule has 5 nitrogen and oxygen atoms in total. The van der Waals surface area contributed by atoms with Gasteiger partial charge in [0.2, 0.25) is 11.8 Å². The first-order valence-electron chi connectivity index (χ1n) is 8.51. The molecule has 0 aromatic heterocycles. The van der Waals surface area contributed by atoms with Crippen molar-refractivity contribution >= 4 is 17.5 Å². The molecule has 0 aliphatic carbocycles. The van der Waals surface area contributed by atoms with E-state index in [2.05, 4.69) is 22.8 Å². The zero-order valence-electron chi connectivity index (χ0n) is 14.0. The van der Waals surface area contributed by atoms with E-state index in [4.69, 9.17) is 4.74 Å². The molecule has 2 N–H and O–H groups in total. The fourth-order valence-electron chi connectivity index (χ4n) is 2.80. The van der Waals surface area contributed by atoms with Crippen LogP contribution in [0.3, 0.4) is 0 Å². The maximum atomic E-state index is 12.1. The SMILES string of the molecule is O=C1CC[C@H](C(=O)Nc2cccc(COCCc3ccccc3)c2)N1. The smallest absolute Gasteiger partial charge is 0.246 e. The molecule has 2 aromatic rings. The van der Waals surface area contributed by atoms with E-state index in [1.54, 1.807) is 0 Å². The van der Waals surface area contributed by atoms with Gasteiger partial charge in [0.1, 0.15) is 6.04 Å². The van der Waals surface area contributed by atoms with Gasteiger partial charge in [-0.1, -0.05) is 42.5 Å². The minimum atomic E-state index is -0.432. The molecule has 0 radical (unpaired) electrons. The average molecular weight is 338 g/mol. The summed E-state index contributed by atoms with van der Waals surface area (Å²) in [6.45, 7) is 1.14. The van der Waals surface area contributed by atoms with Crippen molar-refractivity contribution in [1.29, 1.82) is 0 Å². The Labute approximate surface area is 147 Å². The van der Waals surface area contributed by atoms with Crippen molar-refractivity contribution in [2.24, 2.45) is 0 Å². The molecule has 2 aromatic carbocycles. The summed E-state index contributed by atoms with van der Waals surface area (Å²) < 4.78 is 5.73. The van der Waals surface area contributed by atoms with Gasteiger partial charge in [-0.15, -0.1) is 0 Å². The number of ether oxygens (including phenoxy) is 1. The normalized spacial score (nSPS) is 16.5. The monoisotopic (exact) mass is 338 g/mol. The lowest BCUT2D eigenvalue weighted by molar-refractivity contribution is -0.122. The Morgan fingerprint density at radius 3 is 2.68 bits per heavy atom. The van der Waals surface area contributed by atoms with Crippen molar-refractivity contribution in [1.82, 2.24) is 5.32 Å². The van der Waals surface area contributed by atoms with E-state index < -0.39 is 6.04 Å². The molecule has 1 heterocycles. The van der Waals surface area contributed by atoms with Crippen LogP contribution in [0.2, 0.25) is 0 Å². The quantitative estimate of drug-likeness (QED) is 0.763. The van der Waals surface area contributed by atoms with Gasteiger partial charge < -0.3 is 15.4 Å². The van der Waals surface area contributed by atoms with E-state index in [-0.39, 0.29) is 11.8 Å². The molecule has 1 atom stereocenters. The van der Waals surface area contributed by atoms with Gasteiger partial charge in [-0.2, -0.15) is 0 Å². The summed E-state index contributed by atoms with van der Waals surface area (Å²) in [6, 6.07) is 17.4. The Hall–Kier alpha value is -2.66. The highest BCUT2D eigenvalue weighted by Crippen LogP contribution is 2.14. The average Bonchev–Trinajstić information content (AvgIpc) is 3.07. The summed E-state index contributed by atoms with van der Waals surface area (Å²) in [5.41, 5.74) is 2.97. The molecule has 0 unspecified atom stereocenters. The first kappa shape index (κ1) is 17.2. The second kappa shape index (κ2) is 8.44. The second-order valence-electron chi connectivity index (χ2n) is 6.14. The number of carbonyl (C=O) groups is 2. The van der Waals surface area contributed by atoms with Crippen molar-refractivity contribution in [2.45, 2.75) is 31.9 Å². The standard InChI is InChI=1S/C20H22N2O3/c23-19-10-9-18(22-19)20(24)21-17-8-4-7-16(13-17)14-25-12-11-15-5-2-1-3-6-15/h1-8,13,18H,9-12,14H2,(H,21,24)(H,22,23)/t18-/m1/s1. The second-order valence-corrected chi connectivity index (χ2v) is 6.14. The van der Waals surface area contributed by atoms with Gasteiger partial charge in [0.15, 0.2) is 0 Å². The van der Waals surface area contributed by atoms with Crippen LogP contribution in [0.1, 0.15) is 24.0 Å². The van der Waals surface area contributed by atoms with Gasteiger partial charge >= 0.3 is 0 Å². The van der Waals surface area contributed by atoms with Gasteiger partial charge in [-0.25, -0.2) is 0 Å². The summed E-state index contributed by atoms with van der Waals surface area (Å²) in [5, 5.41) is 5.52. The zero-order valence-corrected chi connectivity index (χ0v) is 14.0. The molecule has 130 valence electrons. The molecule has 25 heavy (non-hydrogen) atoms. The minimum absolute atomic E-state index is 0.0688. The predicted octanol–water partition coefficient (Wildman–Crippen LogP) is 2.66. The van der Waals surface area contributed by atoms with Crippen LogP contribution in [0.25, 0.3) is 0 Å². The molecule has 5 heteroatoms. The van der Waals surface area contributed by atoms with Crippen LogP contribution in [0, 0.1) is 0 Å². The summed E-state index contributed by atoms with van der Waals surface area (Å²) in [7, 11) is 0. The summed E-state index contributed by atoms with van der Waals surface area (Å²) >= 11 is 0. The molecule has 1 fully saturated rings. The van der Waals surface area contributed by atoms with Crippen LogP contribution in [-0.2, 0) is 27.4 Å². The lowest BCUT2D eigenvalue weighted by Gasteiger charge is -2.12. The fourth-order valence-corrected chi connectivity index (χ4v) is 2.80. The summed E-state index contributed by atoms with van der Waals surface area (Å²) in [6.07, 6.45) is 1.83. The molecule has 1 aliphatic heterocycles.